The number of carbonyl (C=O) groups excluding carboxylic acids is 1. The van der Waals surface area contributed by atoms with Crippen molar-refractivity contribution in [3.05, 3.63) is 63.6 Å². The summed E-state index contributed by atoms with van der Waals surface area (Å²) in [5.41, 5.74) is -0.847. The zero-order chi connectivity index (χ0) is 20.4. The van der Waals surface area contributed by atoms with E-state index >= 15 is 0 Å². The van der Waals surface area contributed by atoms with Crippen molar-refractivity contribution in [1.82, 2.24) is 4.90 Å². The molecule has 3 heterocycles. The van der Waals surface area contributed by atoms with Gasteiger partial charge in [0.15, 0.2) is 11.0 Å². The predicted octanol–water partition coefficient (Wildman–Crippen LogP) is 4.44. The maximum atomic E-state index is 13.5. The lowest BCUT2D eigenvalue weighted by Gasteiger charge is -2.38. The van der Waals surface area contributed by atoms with E-state index in [-0.39, 0.29) is 11.9 Å². The normalized spacial score (nSPS) is 29.2. The summed E-state index contributed by atoms with van der Waals surface area (Å²) in [4.78, 5) is 15.6. The highest BCUT2D eigenvalue weighted by Crippen LogP contribution is 2.66. The van der Waals surface area contributed by atoms with E-state index in [4.69, 9.17) is 23.2 Å². The molecular formula is C22H16Cl2N4O. The van der Waals surface area contributed by atoms with Gasteiger partial charge >= 0.3 is 0 Å². The van der Waals surface area contributed by atoms with E-state index in [1.807, 2.05) is 30.3 Å². The Morgan fingerprint density at radius 3 is 2.59 bits per heavy atom. The van der Waals surface area contributed by atoms with Crippen LogP contribution in [0.5, 0.6) is 0 Å². The van der Waals surface area contributed by atoms with Gasteiger partial charge in [-0.1, -0.05) is 47.5 Å². The highest BCUT2D eigenvalue weighted by molar-refractivity contribution is 6.42. The van der Waals surface area contributed by atoms with Crippen LogP contribution in [-0.4, -0.2) is 23.4 Å². The molecule has 144 valence electrons. The summed E-state index contributed by atoms with van der Waals surface area (Å²) in [7, 11) is 0. The molecule has 2 aromatic carbocycles. The zero-order valence-corrected chi connectivity index (χ0v) is 16.8. The average molecular weight is 423 g/mol. The number of carbonyl (C=O) groups is 1. The number of rotatable bonds is 1. The standard InChI is InChI=1S/C22H16Cl2N4O/c23-15-8-7-13(10-16(15)24)19-18-6-3-9-28(18)22(21(19,11-25)12-26)14-4-1-2-5-17(14)27-20(22)29/h1-2,4-5,7-8,10,18-19H,3,6,9H2,(H,27,29). The third kappa shape index (κ3) is 2.05. The highest BCUT2D eigenvalue weighted by Gasteiger charge is 2.76. The van der Waals surface area contributed by atoms with E-state index in [2.05, 4.69) is 22.4 Å². The molecule has 2 aromatic rings. The van der Waals surface area contributed by atoms with Gasteiger partial charge in [-0.3, -0.25) is 9.69 Å². The van der Waals surface area contributed by atoms with Gasteiger partial charge < -0.3 is 5.32 Å². The summed E-state index contributed by atoms with van der Waals surface area (Å²) in [5, 5.41) is 24.6. The number of fused-ring (bicyclic) bond motifs is 4. The van der Waals surface area contributed by atoms with E-state index in [9.17, 15) is 15.3 Å². The third-order valence-corrected chi connectivity index (χ3v) is 7.44. The van der Waals surface area contributed by atoms with Crippen molar-refractivity contribution < 1.29 is 4.79 Å². The maximum absolute atomic E-state index is 13.5. The fraction of sp³-hybridized carbons (Fsp3) is 0.318. The van der Waals surface area contributed by atoms with Crippen LogP contribution < -0.4 is 5.32 Å². The van der Waals surface area contributed by atoms with E-state index in [0.717, 1.165) is 18.4 Å². The van der Waals surface area contributed by atoms with Crippen LogP contribution in [0.25, 0.3) is 0 Å². The third-order valence-electron chi connectivity index (χ3n) is 6.70. The first-order chi connectivity index (χ1) is 14.0. The van der Waals surface area contributed by atoms with Crippen molar-refractivity contribution in [3.63, 3.8) is 0 Å². The summed E-state index contributed by atoms with van der Waals surface area (Å²) in [6.45, 7) is 0.648. The summed E-state index contributed by atoms with van der Waals surface area (Å²) < 4.78 is 0. The minimum atomic E-state index is -1.61. The van der Waals surface area contributed by atoms with Crippen LogP contribution >= 0.6 is 23.2 Å². The molecule has 2 saturated heterocycles. The van der Waals surface area contributed by atoms with Gasteiger partial charge in [0, 0.05) is 23.2 Å². The first-order valence-electron chi connectivity index (χ1n) is 9.46. The summed E-state index contributed by atoms with van der Waals surface area (Å²) in [6.07, 6.45) is 1.69. The van der Waals surface area contributed by atoms with Crippen LogP contribution in [0.4, 0.5) is 5.69 Å². The number of anilines is 1. The van der Waals surface area contributed by atoms with Crippen LogP contribution in [0.2, 0.25) is 10.0 Å². The summed E-state index contributed by atoms with van der Waals surface area (Å²) in [5.74, 6) is -0.803. The van der Waals surface area contributed by atoms with Crippen molar-refractivity contribution >= 4 is 34.8 Å². The number of benzene rings is 2. The molecule has 5 nitrogen and oxygen atoms in total. The van der Waals surface area contributed by atoms with Gasteiger partial charge in [-0.15, -0.1) is 0 Å². The molecule has 0 bridgehead atoms. The number of nitrogens with zero attached hydrogens (tertiary/aromatic N) is 3. The van der Waals surface area contributed by atoms with Gasteiger partial charge in [0.1, 0.15) is 0 Å². The zero-order valence-electron chi connectivity index (χ0n) is 15.3. The average Bonchev–Trinajstić information content (AvgIpc) is 3.37. The Labute approximate surface area is 178 Å². The van der Waals surface area contributed by atoms with Crippen molar-refractivity contribution in [2.24, 2.45) is 5.41 Å². The quantitative estimate of drug-likeness (QED) is 0.736. The number of hydrogen-bond acceptors (Lipinski definition) is 4. The molecular weight excluding hydrogens is 407 g/mol. The summed E-state index contributed by atoms with van der Waals surface area (Å²) in [6, 6.07) is 17.1. The smallest absolute Gasteiger partial charge is 0.252 e. The number of halogens is 2. The molecule has 3 aliphatic heterocycles. The lowest BCUT2D eigenvalue weighted by atomic mass is 9.61. The minimum Gasteiger partial charge on any atom is -0.324 e. The van der Waals surface area contributed by atoms with E-state index < -0.39 is 16.9 Å². The molecule has 29 heavy (non-hydrogen) atoms. The Morgan fingerprint density at radius 1 is 1.10 bits per heavy atom. The molecule has 1 spiro atoms. The minimum absolute atomic E-state index is 0.122. The van der Waals surface area contributed by atoms with Crippen molar-refractivity contribution in [2.75, 3.05) is 11.9 Å². The van der Waals surface area contributed by atoms with Gasteiger partial charge in [0.05, 0.1) is 22.2 Å². The molecule has 0 aliphatic carbocycles. The Kier molecular flexibility index (Phi) is 3.95. The fourth-order valence-corrected chi connectivity index (χ4v) is 6.03. The van der Waals surface area contributed by atoms with Crippen LogP contribution in [0.15, 0.2) is 42.5 Å². The van der Waals surface area contributed by atoms with Crippen LogP contribution in [-0.2, 0) is 10.3 Å². The molecule has 3 unspecified atom stereocenters. The van der Waals surface area contributed by atoms with Crippen LogP contribution in [0.3, 0.4) is 0 Å². The lowest BCUT2D eigenvalue weighted by Crippen LogP contribution is -2.55. The van der Waals surface area contributed by atoms with Gasteiger partial charge in [-0.25, -0.2) is 0 Å². The van der Waals surface area contributed by atoms with Crippen molar-refractivity contribution in [1.29, 1.82) is 10.5 Å². The molecule has 1 N–H and O–H groups in total. The second-order valence-electron chi connectivity index (χ2n) is 7.80. The molecule has 0 radical (unpaired) electrons. The Hall–Kier alpha value is -2.57. The maximum Gasteiger partial charge on any atom is 0.252 e. The van der Waals surface area contributed by atoms with Gasteiger partial charge in [-0.05, 0) is 43.1 Å². The molecule has 1 amide bonds. The molecule has 5 rings (SSSR count). The fourth-order valence-electron chi connectivity index (χ4n) is 5.72. The second-order valence-corrected chi connectivity index (χ2v) is 8.61. The first kappa shape index (κ1) is 18.5. The van der Waals surface area contributed by atoms with Crippen LogP contribution in [0, 0.1) is 28.1 Å². The Bertz CT molecular complexity index is 1120. The summed E-state index contributed by atoms with van der Waals surface area (Å²) >= 11 is 12.4. The number of nitrogens with one attached hydrogen (secondary N) is 1. The van der Waals surface area contributed by atoms with Gasteiger partial charge in [0.25, 0.3) is 5.91 Å². The largest absolute Gasteiger partial charge is 0.324 e. The topological polar surface area (TPSA) is 79.9 Å². The number of hydrogen-bond donors (Lipinski definition) is 1. The van der Waals surface area contributed by atoms with E-state index in [0.29, 0.717) is 27.8 Å². The van der Waals surface area contributed by atoms with Gasteiger partial charge in [0.2, 0.25) is 0 Å². The molecule has 3 atom stereocenters. The molecule has 3 aliphatic rings. The Balaban J connectivity index is 1.84. The lowest BCUT2D eigenvalue weighted by molar-refractivity contribution is -0.129. The predicted molar refractivity (Wildman–Crippen MR) is 109 cm³/mol. The Morgan fingerprint density at radius 2 is 1.86 bits per heavy atom. The van der Waals surface area contributed by atoms with Crippen LogP contribution in [0.1, 0.15) is 29.9 Å². The second kappa shape index (κ2) is 6.21. The van der Waals surface area contributed by atoms with E-state index in [1.54, 1.807) is 12.1 Å². The van der Waals surface area contributed by atoms with Gasteiger partial charge in [-0.2, -0.15) is 10.5 Å². The van der Waals surface area contributed by atoms with Crippen molar-refractivity contribution in [2.45, 2.75) is 30.3 Å². The highest BCUT2D eigenvalue weighted by atomic mass is 35.5. The number of para-hydroxylation sites is 1. The SMILES string of the molecule is N#CC1(C#N)C(c2ccc(Cl)c(Cl)c2)C2CCCN2C12C(=O)Nc1ccccc12. The molecule has 0 aromatic heterocycles. The molecule has 0 saturated carbocycles. The number of amides is 1. The van der Waals surface area contributed by atoms with E-state index in [1.165, 1.54) is 0 Å². The molecule has 7 heteroatoms. The first-order valence-corrected chi connectivity index (χ1v) is 10.2. The van der Waals surface area contributed by atoms with Crippen molar-refractivity contribution in [3.8, 4) is 12.1 Å². The monoisotopic (exact) mass is 422 g/mol. The number of nitriles is 2. The molecule has 2 fully saturated rings.